The molecule has 0 atom stereocenters. The van der Waals surface area contributed by atoms with Crippen molar-refractivity contribution in [1.82, 2.24) is 0 Å². The molecule has 0 aromatic rings. The summed E-state index contributed by atoms with van der Waals surface area (Å²) in [6.07, 6.45) is -14.6. The Balaban J connectivity index is 3.69. The average molecular weight is 410 g/mol. The molecule has 0 unspecified atom stereocenters. The second-order valence-corrected chi connectivity index (χ2v) is 4.61. The maximum atomic E-state index is 13.6. The fourth-order valence-electron chi connectivity index (χ4n) is 1.74. The maximum Gasteiger partial charge on any atom is 0.460 e. The Morgan fingerprint density at radius 3 is 0.920 bits per heavy atom. The zero-order valence-corrected chi connectivity index (χ0v) is 11.0. The molecule has 2 nitrogen and oxygen atoms in total. The summed E-state index contributed by atoms with van der Waals surface area (Å²) in [5.41, 5.74) is 0. The Kier molecular flexibility index (Phi) is 4.81. The van der Waals surface area contributed by atoms with E-state index in [4.69, 9.17) is 0 Å². The van der Waals surface area contributed by atoms with Crippen molar-refractivity contribution in [3.63, 3.8) is 0 Å². The van der Waals surface area contributed by atoms with Crippen LogP contribution in [0.1, 0.15) is 0 Å². The Morgan fingerprint density at radius 2 is 0.720 bits per heavy atom. The van der Waals surface area contributed by atoms with Crippen LogP contribution in [0.25, 0.3) is 0 Å². The van der Waals surface area contributed by atoms with Crippen LogP contribution < -0.4 is 0 Å². The molecular formula is C9H4F14O2. The number of hydrogen-bond donors (Lipinski definition) is 0. The minimum atomic E-state index is -7.50. The van der Waals surface area contributed by atoms with Gasteiger partial charge in [0.2, 0.25) is 0 Å². The van der Waals surface area contributed by atoms with E-state index in [0.717, 1.165) is 0 Å². The number of alkyl halides is 14. The van der Waals surface area contributed by atoms with Crippen LogP contribution in [0.4, 0.5) is 61.5 Å². The third kappa shape index (κ3) is 2.62. The summed E-state index contributed by atoms with van der Waals surface area (Å²) in [7, 11) is 0. The molecule has 1 rings (SSSR count). The predicted molar refractivity (Wildman–Crippen MR) is 46.5 cm³/mol. The molecule has 0 bridgehead atoms. The highest BCUT2D eigenvalue weighted by molar-refractivity contribution is 5.14. The molecule has 16 heteroatoms. The lowest BCUT2D eigenvalue weighted by molar-refractivity contribution is -0.489. The molecular weight excluding hydrogens is 406 g/mol. The topological polar surface area (TPSA) is 18.5 Å². The Hall–Kier alpha value is -1.06. The number of ether oxygens (including phenoxy) is 2. The van der Waals surface area contributed by atoms with Gasteiger partial charge in [0.05, 0.1) is 13.2 Å². The zero-order valence-electron chi connectivity index (χ0n) is 11.0. The molecule has 0 aromatic carbocycles. The van der Waals surface area contributed by atoms with Crippen molar-refractivity contribution in [2.45, 2.75) is 41.8 Å². The molecule has 0 aliphatic carbocycles. The Bertz CT molecular complexity index is 457. The smallest absolute Gasteiger partial charge is 0.337 e. The van der Waals surface area contributed by atoms with Crippen LogP contribution in [-0.4, -0.2) is 55.0 Å². The number of rotatable bonds is 4. The van der Waals surface area contributed by atoms with E-state index in [0.29, 0.717) is 0 Å². The highest BCUT2D eigenvalue weighted by Crippen LogP contribution is 2.62. The first-order chi connectivity index (χ1) is 10.7. The van der Waals surface area contributed by atoms with Gasteiger partial charge in [0.25, 0.3) is 0 Å². The summed E-state index contributed by atoms with van der Waals surface area (Å²) in [5, 5.41) is 0. The largest absolute Gasteiger partial charge is 0.460 e. The fourth-order valence-corrected chi connectivity index (χ4v) is 1.74. The quantitative estimate of drug-likeness (QED) is 0.641. The highest BCUT2D eigenvalue weighted by Gasteiger charge is 2.94. The molecule has 25 heavy (non-hydrogen) atoms. The van der Waals surface area contributed by atoms with Gasteiger partial charge in [-0.2, -0.15) is 61.5 Å². The standard InChI is InChI=1S/C9H4F14O2/c10-3(11,5(14,15)8(18,19)20)7(24-1-2-25-7)4(12,13)6(16,17)9(21,22)23/h1-2H2. The van der Waals surface area contributed by atoms with Crippen LogP contribution in [0.5, 0.6) is 0 Å². The molecule has 1 heterocycles. The first-order valence-electron chi connectivity index (χ1n) is 5.63. The van der Waals surface area contributed by atoms with Gasteiger partial charge in [0, 0.05) is 0 Å². The Labute approximate surface area is 127 Å². The lowest BCUT2D eigenvalue weighted by atomic mass is 9.90. The van der Waals surface area contributed by atoms with Crippen molar-refractivity contribution in [2.24, 2.45) is 0 Å². The van der Waals surface area contributed by atoms with Gasteiger partial charge in [0.1, 0.15) is 0 Å². The lowest BCUT2D eigenvalue weighted by Gasteiger charge is -2.45. The van der Waals surface area contributed by atoms with Gasteiger partial charge in [-0.3, -0.25) is 0 Å². The molecule has 150 valence electrons. The van der Waals surface area contributed by atoms with Crippen molar-refractivity contribution in [3.8, 4) is 0 Å². The molecule has 0 N–H and O–H groups in total. The second kappa shape index (κ2) is 5.47. The van der Waals surface area contributed by atoms with Gasteiger partial charge in [-0.1, -0.05) is 0 Å². The van der Waals surface area contributed by atoms with E-state index in [2.05, 4.69) is 9.47 Å². The zero-order chi connectivity index (χ0) is 20.3. The van der Waals surface area contributed by atoms with Gasteiger partial charge < -0.3 is 9.47 Å². The molecule has 0 saturated carbocycles. The van der Waals surface area contributed by atoms with Crippen LogP contribution in [0.2, 0.25) is 0 Å². The van der Waals surface area contributed by atoms with Gasteiger partial charge in [-0.05, 0) is 0 Å². The minimum Gasteiger partial charge on any atom is -0.337 e. The van der Waals surface area contributed by atoms with Crippen LogP contribution in [0.3, 0.4) is 0 Å². The van der Waals surface area contributed by atoms with E-state index in [-0.39, 0.29) is 0 Å². The number of halogens is 14. The van der Waals surface area contributed by atoms with Gasteiger partial charge in [-0.15, -0.1) is 0 Å². The van der Waals surface area contributed by atoms with E-state index in [1.165, 1.54) is 0 Å². The minimum absolute atomic E-state index is 1.69. The monoisotopic (exact) mass is 410 g/mol. The third-order valence-corrected chi connectivity index (χ3v) is 3.02. The summed E-state index contributed by atoms with van der Waals surface area (Å²) in [6, 6.07) is 0. The van der Waals surface area contributed by atoms with E-state index < -0.39 is 55.0 Å². The third-order valence-electron chi connectivity index (χ3n) is 3.02. The van der Waals surface area contributed by atoms with Crippen molar-refractivity contribution in [1.29, 1.82) is 0 Å². The lowest BCUT2D eigenvalue weighted by Crippen LogP contribution is -2.76. The Morgan fingerprint density at radius 1 is 0.480 bits per heavy atom. The van der Waals surface area contributed by atoms with E-state index >= 15 is 0 Å². The molecule has 1 fully saturated rings. The van der Waals surface area contributed by atoms with Crippen LogP contribution >= 0.6 is 0 Å². The van der Waals surface area contributed by atoms with Gasteiger partial charge in [0.15, 0.2) is 0 Å². The highest BCUT2D eigenvalue weighted by atomic mass is 19.4. The summed E-state index contributed by atoms with van der Waals surface area (Å²) < 4.78 is 185. The first kappa shape index (κ1) is 22.0. The van der Waals surface area contributed by atoms with Crippen LogP contribution in [-0.2, 0) is 9.47 Å². The van der Waals surface area contributed by atoms with Crippen molar-refractivity contribution < 1.29 is 70.9 Å². The molecule has 1 saturated heterocycles. The van der Waals surface area contributed by atoms with E-state index in [1.54, 1.807) is 0 Å². The fraction of sp³-hybridized carbons (Fsp3) is 1.00. The first-order valence-corrected chi connectivity index (χ1v) is 5.63. The van der Waals surface area contributed by atoms with E-state index in [9.17, 15) is 61.5 Å². The molecule has 0 amide bonds. The van der Waals surface area contributed by atoms with E-state index in [1.807, 2.05) is 0 Å². The molecule has 0 aromatic heterocycles. The average Bonchev–Trinajstić information content (AvgIpc) is 2.86. The second-order valence-electron chi connectivity index (χ2n) is 4.61. The van der Waals surface area contributed by atoms with Gasteiger partial charge >= 0.3 is 41.8 Å². The summed E-state index contributed by atoms with van der Waals surface area (Å²) in [5.74, 6) is -36.0. The number of hydrogen-bond acceptors (Lipinski definition) is 2. The van der Waals surface area contributed by atoms with Crippen LogP contribution in [0.15, 0.2) is 0 Å². The maximum absolute atomic E-state index is 13.6. The molecule has 1 aliphatic rings. The molecule has 0 spiro atoms. The summed E-state index contributed by atoms with van der Waals surface area (Å²) in [6.45, 7) is -3.37. The van der Waals surface area contributed by atoms with Gasteiger partial charge in [-0.25, -0.2) is 0 Å². The van der Waals surface area contributed by atoms with Crippen molar-refractivity contribution >= 4 is 0 Å². The molecule has 1 aliphatic heterocycles. The normalized spacial score (nSPS) is 20.9. The summed E-state index contributed by atoms with van der Waals surface area (Å²) >= 11 is 0. The van der Waals surface area contributed by atoms with Crippen molar-refractivity contribution in [2.75, 3.05) is 13.2 Å². The molecule has 0 radical (unpaired) electrons. The van der Waals surface area contributed by atoms with Crippen molar-refractivity contribution in [3.05, 3.63) is 0 Å². The summed E-state index contributed by atoms with van der Waals surface area (Å²) in [4.78, 5) is 0. The van der Waals surface area contributed by atoms with Crippen LogP contribution in [0, 0.1) is 0 Å². The SMILES string of the molecule is FC(F)(F)C(F)(F)C(F)(F)C1(C(F)(F)C(F)(F)C(F)(F)F)OCCO1. The predicted octanol–water partition coefficient (Wildman–Crippen LogP) is 4.40.